The SMILES string of the molecule is CC(N)C(O)C(F)F. The highest BCUT2D eigenvalue weighted by Gasteiger charge is 2.20. The Morgan fingerprint density at radius 1 is 1.50 bits per heavy atom. The third-order valence-corrected chi connectivity index (χ3v) is 0.797. The Morgan fingerprint density at radius 2 is 1.88 bits per heavy atom. The lowest BCUT2D eigenvalue weighted by Gasteiger charge is -2.11. The number of rotatable bonds is 2. The second kappa shape index (κ2) is 2.94. The van der Waals surface area contributed by atoms with E-state index in [9.17, 15) is 8.78 Å². The lowest BCUT2D eigenvalue weighted by molar-refractivity contribution is -0.0153. The molecule has 2 nitrogen and oxygen atoms in total. The molecule has 0 aromatic heterocycles. The van der Waals surface area contributed by atoms with Gasteiger partial charge in [-0.1, -0.05) is 0 Å². The summed E-state index contributed by atoms with van der Waals surface area (Å²) >= 11 is 0. The van der Waals surface area contributed by atoms with Crippen LogP contribution < -0.4 is 5.73 Å². The fourth-order valence-corrected chi connectivity index (χ4v) is 0.229. The van der Waals surface area contributed by atoms with Crippen molar-refractivity contribution in [3.05, 3.63) is 0 Å². The molecule has 50 valence electrons. The summed E-state index contributed by atoms with van der Waals surface area (Å²) < 4.78 is 22.7. The topological polar surface area (TPSA) is 46.2 Å². The molecule has 0 heterocycles. The van der Waals surface area contributed by atoms with Gasteiger partial charge in [-0.2, -0.15) is 0 Å². The van der Waals surface area contributed by atoms with Crippen molar-refractivity contribution in [3.8, 4) is 0 Å². The molecule has 0 fully saturated rings. The molecule has 2 atom stereocenters. The summed E-state index contributed by atoms with van der Waals surface area (Å²) in [4.78, 5) is 0. The Labute approximate surface area is 46.3 Å². The summed E-state index contributed by atoms with van der Waals surface area (Å²) in [6.07, 6.45) is -4.41. The first-order valence-electron chi connectivity index (χ1n) is 2.27. The summed E-state index contributed by atoms with van der Waals surface area (Å²) in [5.41, 5.74) is 4.91. The second-order valence-electron chi connectivity index (χ2n) is 1.68. The van der Waals surface area contributed by atoms with Gasteiger partial charge in [0.25, 0.3) is 6.43 Å². The molecule has 3 N–H and O–H groups in total. The molecule has 0 radical (unpaired) electrons. The number of alkyl halides is 2. The Morgan fingerprint density at radius 3 is 1.88 bits per heavy atom. The first-order chi connectivity index (χ1) is 3.55. The highest BCUT2D eigenvalue weighted by Crippen LogP contribution is 2.02. The third-order valence-electron chi connectivity index (χ3n) is 0.797. The van der Waals surface area contributed by atoms with Gasteiger partial charge in [0.15, 0.2) is 0 Å². The van der Waals surface area contributed by atoms with Gasteiger partial charge in [-0.3, -0.25) is 0 Å². The predicted molar refractivity (Wildman–Crippen MR) is 25.7 cm³/mol. The van der Waals surface area contributed by atoms with Crippen molar-refractivity contribution in [2.45, 2.75) is 25.5 Å². The van der Waals surface area contributed by atoms with E-state index in [1.54, 1.807) is 0 Å². The molecular weight excluding hydrogens is 116 g/mol. The van der Waals surface area contributed by atoms with Gasteiger partial charge in [-0.05, 0) is 6.92 Å². The van der Waals surface area contributed by atoms with Gasteiger partial charge in [0, 0.05) is 6.04 Å². The van der Waals surface area contributed by atoms with Crippen LogP contribution in [0.2, 0.25) is 0 Å². The largest absolute Gasteiger partial charge is 0.386 e. The maximum Gasteiger partial charge on any atom is 0.265 e. The summed E-state index contributed by atoms with van der Waals surface area (Å²) in [5.74, 6) is 0. The number of aliphatic hydroxyl groups is 1. The van der Waals surface area contributed by atoms with Crippen molar-refractivity contribution in [3.63, 3.8) is 0 Å². The van der Waals surface area contributed by atoms with Crippen LogP contribution in [0.1, 0.15) is 6.92 Å². The average molecular weight is 125 g/mol. The van der Waals surface area contributed by atoms with Crippen LogP contribution in [-0.4, -0.2) is 23.7 Å². The lowest BCUT2D eigenvalue weighted by atomic mass is 10.2. The molecule has 0 aromatic rings. The fourth-order valence-electron chi connectivity index (χ4n) is 0.229. The van der Waals surface area contributed by atoms with Crippen LogP contribution in [0.3, 0.4) is 0 Å². The summed E-state index contributed by atoms with van der Waals surface area (Å²) in [7, 11) is 0. The summed E-state index contributed by atoms with van der Waals surface area (Å²) in [5, 5.41) is 8.33. The van der Waals surface area contributed by atoms with E-state index >= 15 is 0 Å². The highest BCUT2D eigenvalue weighted by molar-refractivity contribution is 4.67. The number of nitrogens with two attached hydrogens (primary N) is 1. The van der Waals surface area contributed by atoms with Gasteiger partial charge < -0.3 is 10.8 Å². The maximum absolute atomic E-state index is 11.3. The van der Waals surface area contributed by atoms with E-state index in [-0.39, 0.29) is 0 Å². The average Bonchev–Trinajstić information content (AvgIpc) is 1.64. The molecule has 0 aliphatic carbocycles. The van der Waals surface area contributed by atoms with E-state index in [4.69, 9.17) is 10.8 Å². The fraction of sp³-hybridized carbons (Fsp3) is 1.00. The molecule has 0 saturated heterocycles. The van der Waals surface area contributed by atoms with Crippen LogP contribution in [0.15, 0.2) is 0 Å². The molecule has 8 heavy (non-hydrogen) atoms. The zero-order valence-corrected chi connectivity index (χ0v) is 4.51. The van der Waals surface area contributed by atoms with Crippen molar-refractivity contribution in [1.29, 1.82) is 0 Å². The summed E-state index contributed by atoms with van der Waals surface area (Å²) in [6, 6.07) is -0.852. The minimum Gasteiger partial charge on any atom is -0.386 e. The molecule has 4 heteroatoms. The Kier molecular flexibility index (Phi) is 2.86. The highest BCUT2D eigenvalue weighted by atomic mass is 19.3. The van der Waals surface area contributed by atoms with E-state index in [2.05, 4.69) is 0 Å². The van der Waals surface area contributed by atoms with Crippen LogP contribution in [0.5, 0.6) is 0 Å². The van der Waals surface area contributed by atoms with Crippen molar-refractivity contribution in [2.75, 3.05) is 0 Å². The molecule has 0 aliphatic heterocycles. The molecule has 2 unspecified atom stereocenters. The number of hydrogen-bond acceptors (Lipinski definition) is 2. The molecule has 0 aliphatic rings. The number of aliphatic hydroxyl groups excluding tert-OH is 1. The third kappa shape index (κ3) is 2.18. The number of halogens is 2. The lowest BCUT2D eigenvalue weighted by Crippen LogP contribution is -2.36. The van der Waals surface area contributed by atoms with Crippen LogP contribution in [0, 0.1) is 0 Å². The Hall–Kier alpha value is -0.220. The predicted octanol–water partition coefficient (Wildman–Crippen LogP) is -0.0404. The summed E-state index contributed by atoms with van der Waals surface area (Å²) in [6.45, 7) is 1.33. The molecule has 0 saturated carbocycles. The zero-order valence-electron chi connectivity index (χ0n) is 4.51. The van der Waals surface area contributed by atoms with Gasteiger partial charge in [-0.15, -0.1) is 0 Å². The molecule has 0 bridgehead atoms. The van der Waals surface area contributed by atoms with Gasteiger partial charge >= 0.3 is 0 Å². The Balaban J connectivity index is 3.46. The van der Waals surface area contributed by atoms with Gasteiger partial charge in [0.05, 0.1) is 0 Å². The minimum absolute atomic E-state index is 0.852. The van der Waals surface area contributed by atoms with Gasteiger partial charge in [0.2, 0.25) is 0 Å². The smallest absolute Gasteiger partial charge is 0.265 e. The van der Waals surface area contributed by atoms with Crippen LogP contribution in [0.4, 0.5) is 8.78 Å². The van der Waals surface area contributed by atoms with Crippen LogP contribution in [0.25, 0.3) is 0 Å². The first-order valence-corrected chi connectivity index (χ1v) is 2.27. The van der Waals surface area contributed by atoms with E-state index in [0.29, 0.717) is 0 Å². The molecule has 0 aromatic carbocycles. The zero-order chi connectivity index (χ0) is 6.73. The molecule has 0 spiro atoms. The van der Waals surface area contributed by atoms with Crippen molar-refractivity contribution < 1.29 is 13.9 Å². The standard InChI is InChI=1S/C4H9F2NO/c1-2(7)3(8)4(5)6/h2-4,8H,7H2,1H3. The Bertz CT molecular complexity index is 59.1. The minimum atomic E-state index is -2.73. The monoisotopic (exact) mass is 125 g/mol. The normalized spacial score (nSPS) is 18.8. The van der Waals surface area contributed by atoms with Crippen LogP contribution >= 0.6 is 0 Å². The van der Waals surface area contributed by atoms with Gasteiger partial charge in [0.1, 0.15) is 6.10 Å². The van der Waals surface area contributed by atoms with E-state index in [1.807, 2.05) is 0 Å². The van der Waals surface area contributed by atoms with E-state index < -0.39 is 18.6 Å². The molecule has 0 amide bonds. The maximum atomic E-state index is 11.3. The van der Waals surface area contributed by atoms with Crippen molar-refractivity contribution in [1.82, 2.24) is 0 Å². The van der Waals surface area contributed by atoms with E-state index in [1.165, 1.54) is 6.92 Å². The van der Waals surface area contributed by atoms with Crippen molar-refractivity contribution >= 4 is 0 Å². The molecular formula is C4H9F2NO. The first kappa shape index (κ1) is 7.78. The van der Waals surface area contributed by atoms with Crippen LogP contribution in [-0.2, 0) is 0 Å². The van der Waals surface area contributed by atoms with Gasteiger partial charge in [-0.25, -0.2) is 8.78 Å². The molecule has 0 rings (SSSR count). The number of hydrogen-bond donors (Lipinski definition) is 2. The second-order valence-corrected chi connectivity index (χ2v) is 1.68. The van der Waals surface area contributed by atoms with Crippen molar-refractivity contribution in [2.24, 2.45) is 5.73 Å². The quantitative estimate of drug-likeness (QED) is 0.544. The van der Waals surface area contributed by atoms with E-state index in [0.717, 1.165) is 0 Å².